The maximum Gasteiger partial charge on any atom is 0.411 e. The van der Waals surface area contributed by atoms with Gasteiger partial charge in [0, 0.05) is 18.8 Å². The summed E-state index contributed by atoms with van der Waals surface area (Å²) in [7, 11) is 0. The van der Waals surface area contributed by atoms with Gasteiger partial charge in [0.05, 0.1) is 17.9 Å². The normalized spacial score (nSPS) is 19.2. The second kappa shape index (κ2) is 7.93. The third-order valence-corrected chi connectivity index (χ3v) is 4.30. The molecule has 150 valence electrons. The molecule has 1 amide bonds. The summed E-state index contributed by atoms with van der Waals surface area (Å²) in [6.45, 7) is 5.68. The SMILES string of the molecule is CC(C)(C)OC(=O)N1CC2=C(CC1C(=O)O)N(OCc1ccccc1)C=CN2. The lowest BCUT2D eigenvalue weighted by Gasteiger charge is -2.40. The Labute approximate surface area is 164 Å². The van der Waals surface area contributed by atoms with Crippen molar-refractivity contribution in [1.82, 2.24) is 15.3 Å². The minimum absolute atomic E-state index is 0.0940. The van der Waals surface area contributed by atoms with Gasteiger partial charge in [0.1, 0.15) is 18.2 Å². The Hall–Kier alpha value is -3.00. The van der Waals surface area contributed by atoms with Crippen LogP contribution in [-0.4, -0.2) is 45.3 Å². The zero-order valence-corrected chi connectivity index (χ0v) is 16.2. The van der Waals surface area contributed by atoms with Crippen LogP contribution in [0.15, 0.2) is 54.1 Å². The van der Waals surface area contributed by atoms with Crippen molar-refractivity contribution in [3.63, 3.8) is 0 Å². The Morgan fingerprint density at radius 3 is 2.61 bits per heavy atom. The third kappa shape index (κ3) is 4.64. The molecule has 0 aliphatic carbocycles. The molecule has 1 aromatic rings. The van der Waals surface area contributed by atoms with Crippen LogP contribution in [0, 0.1) is 0 Å². The molecule has 0 fully saturated rings. The van der Waals surface area contributed by atoms with E-state index in [0.717, 1.165) is 5.56 Å². The van der Waals surface area contributed by atoms with Crippen molar-refractivity contribution in [2.75, 3.05) is 6.54 Å². The minimum Gasteiger partial charge on any atom is -0.480 e. The maximum atomic E-state index is 12.5. The molecular weight excluding hydrogens is 362 g/mol. The van der Waals surface area contributed by atoms with Crippen LogP contribution in [0.1, 0.15) is 32.8 Å². The van der Waals surface area contributed by atoms with Crippen LogP contribution < -0.4 is 5.32 Å². The first-order valence-corrected chi connectivity index (χ1v) is 9.08. The highest BCUT2D eigenvalue weighted by atomic mass is 16.7. The average molecular weight is 387 g/mol. The number of amides is 1. The monoisotopic (exact) mass is 387 g/mol. The van der Waals surface area contributed by atoms with Crippen LogP contribution in [0.2, 0.25) is 0 Å². The largest absolute Gasteiger partial charge is 0.480 e. The molecular formula is C20H25N3O5. The number of hydroxylamine groups is 2. The standard InChI is InChI=1S/C20H25N3O5/c1-20(2,3)28-19(26)22-12-15-16(11-17(22)18(24)25)23(10-9-21-15)27-13-14-7-5-4-6-8-14/h4-10,17,21H,11-13H2,1-3H3,(H,24,25). The molecule has 2 aliphatic rings. The summed E-state index contributed by atoms with van der Waals surface area (Å²) in [5.41, 5.74) is 1.68. The summed E-state index contributed by atoms with van der Waals surface area (Å²) in [5.74, 6) is -1.09. The zero-order valence-electron chi connectivity index (χ0n) is 16.2. The quantitative estimate of drug-likeness (QED) is 0.821. The van der Waals surface area contributed by atoms with Crippen molar-refractivity contribution in [3.8, 4) is 0 Å². The van der Waals surface area contributed by atoms with Gasteiger partial charge in [0.25, 0.3) is 0 Å². The van der Waals surface area contributed by atoms with Crippen LogP contribution in [-0.2, 0) is 21.0 Å². The molecule has 2 N–H and O–H groups in total. The first-order valence-electron chi connectivity index (χ1n) is 9.08. The van der Waals surface area contributed by atoms with Gasteiger partial charge < -0.3 is 15.2 Å². The fourth-order valence-electron chi connectivity index (χ4n) is 3.01. The van der Waals surface area contributed by atoms with E-state index >= 15 is 0 Å². The van der Waals surface area contributed by atoms with E-state index < -0.39 is 23.7 Å². The Morgan fingerprint density at radius 2 is 1.96 bits per heavy atom. The molecule has 0 spiro atoms. The van der Waals surface area contributed by atoms with Crippen molar-refractivity contribution in [3.05, 3.63) is 59.7 Å². The van der Waals surface area contributed by atoms with E-state index in [1.807, 2.05) is 30.3 Å². The molecule has 0 bridgehead atoms. The molecule has 0 saturated heterocycles. The second-order valence-electron chi connectivity index (χ2n) is 7.64. The number of carbonyl (C=O) groups excluding carboxylic acids is 1. The van der Waals surface area contributed by atoms with E-state index in [1.54, 1.807) is 38.2 Å². The fraction of sp³-hybridized carbons (Fsp3) is 0.400. The van der Waals surface area contributed by atoms with E-state index in [0.29, 0.717) is 18.0 Å². The van der Waals surface area contributed by atoms with Gasteiger partial charge in [-0.05, 0) is 26.3 Å². The maximum absolute atomic E-state index is 12.5. The highest BCUT2D eigenvalue weighted by molar-refractivity contribution is 5.81. The van der Waals surface area contributed by atoms with Gasteiger partial charge in [-0.25, -0.2) is 14.7 Å². The van der Waals surface area contributed by atoms with Gasteiger partial charge in [-0.1, -0.05) is 30.3 Å². The van der Waals surface area contributed by atoms with Crippen molar-refractivity contribution >= 4 is 12.1 Å². The summed E-state index contributed by atoms with van der Waals surface area (Å²) in [5, 5.41) is 14.3. The highest BCUT2D eigenvalue weighted by Gasteiger charge is 2.40. The molecule has 2 heterocycles. The topological polar surface area (TPSA) is 91.3 Å². The van der Waals surface area contributed by atoms with E-state index in [4.69, 9.17) is 9.57 Å². The van der Waals surface area contributed by atoms with E-state index in [2.05, 4.69) is 5.32 Å². The number of benzene rings is 1. The van der Waals surface area contributed by atoms with E-state index in [-0.39, 0.29) is 13.0 Å². The van der Waals surface area contributed by atoms with Crippen LogP contribution in [0.4, 0.5) is 4.79 Å². The number of nitrogens with one attached hydrogen (secondary N) is 1. The number of rotatable bonds is 4. The summed E-state index contributed by atoms with van der Waals surface area (Å²) < 4.78 is 5.38. The lowest BCUT2D eigenvalue weighted by molar-refractivity contribution is -0.145. The molecule has 0 radical (unpaired) electrons. The lowest BCUT2D eigenvalue weighted by atomic mass is 10.0. The van der Waals surface area contributed by atoms with Gasteiger partial charge in [0.15, 0.2) is 0 Å². The molecule has 3 rings (SSSR count). The van der Waals surface area contributed by atoms with E-state index in [9.17, 15) is 14.7 Å². The van der Waals surface area contributed by atoms with Crippen LogP contribution in [0.25, 0.3) is 0 Å². The van der Waals surface area contributed by atoms with Gasteiger partial charge in [0.2, 0.25) is 0 Å². The molecule has 0 aromatic heterocycles. The van der Waals surface area contributed by atoms with E-state index in [1.165, 1.54) is 4.90 Å². The summed E-state index contributed by atoms with van der Waals surface area (Å²) in [6, 6.07) is 8.65. The first kappa shape index (κ1) is 19.8. The number of carbonyl (C=O) groups is 2. The van der Waals surface area contributed by atoms with Crippen LogP contribution in [0.3, 0.4) is 0 Å². The van der Waals surface area contributed by atoms with Crippen LogP contribution >= 0.6 is 0 Å². The average Bonchev–Trinajstić information content (AvgIpc) is 2.64. The molecule has 28 heavy (non-hydrogen) atoms. The Morgan fingerprint density at radius 1 is 1.25 bits per heavy atom. The Kier molecular flexibility index (Phi) is 5.60. The zero-order chi connectivity index (χ0) is 20.3. The van der Waals surface area contributed by atoms with Gasteiger partial charge in [-0.2, -0.15) is 0 Å². The number of hydrogen-bond donors (Lipinski definition) is 2. The summed E-state index contributed by atoms with van der Waals surface area (Å²) >= 11 is 0. The number of hydrogen-bond acceptors (Lipinski definition) is 6. The summed E-state index contributed by atoms with van der Waals surface area (Å²) in [4.78, 5) is 31.4. The second-order valence-corrected chi connectivity index (χ2v) is 7.64. The molecule has 0 saturated carbocycles. The molecule has 1 unspecified atom stereocenters. The molecule has 8 nitrogen and oxygen atoms in total. The molecule has 1 atom stereocenters. The number of nitrogens with zero attached hydrogens (tertiary/aromatic N) is 2. The van der Waals surface area contributed by atoms with Crippen molar-refractivity contribution in [2.24, 2.45) is 0 Å². The predicted molar refractivity (Wildman–Crippen MR) is 101 cm³/mol. The lowest BCUT2D eigenvalue weighted by Crippen LogP contribution is -2.53. The number of ether oxygens (including phenoxy) is 1. The highest BCUT2D eigenvalue weighted by Crippen LogP contribution is 2.29. The van der Waals surface area contributed by atoms with Crippen LogP contribution in [0.5, 0.6) is 0 Å². The van der Waals surface area contributed by atoms with Gasteiger partial charge >= 0.3 is 12.1 Å². The molecule has 8 heteroatoms. The number of carboxylic acid groups (broad SMARTS) is 1. The van der Waals surface area contributed by atoms with Crippen molar-refractivity contribution in [2.45, 2.75) is 45.4 Å². The fourth-order valence-corrected chi connectivity index (χ4v) is 3.01. The van der Waals surface area contributed by atoms with Gasteiger partial charge in [-0.15, -0.1) is 0 Å². The Balaban J connectivity index is 1.77. The minimum atomic E-state index is -1.09. The number of aliphatic carboxylic acids is 1. The van der Waals surface area contributed by atoms with Crippen molar-refractivity contribution < 1.29 is 24.3 Å². The van der Waals surface area contributed by atoms with Crippen molar-refractivity contribution in [1.29, 1.82) is 0 Å². The number of carboxylic acids is 1. The first-order chi connectivity index (χ1) is 13.2. The molecule has 1 aromatic carbocycles. The Bertz CT molecular complexity index is 798. The molecule has 2 aliphatic heterocycles. The van der Waals surface area contributed by atoms with Gasteiger partial charge in [-0.3, -0.25) is 9.74 Å². The smallest absolute Gasteiger partial charge is 0.411 e. The summed E-state index contributed by atoms with van der Waals surface area (Å²) in [6.07, 6.45) is 2.84. The predicted octanol–water partition coefficient (Wildman–Crippen LogP) is 2.80. The third-order valence-electron chi connectivity index (χ3n) is 4.30.